The molecule has 4 aromatic rings. The number of benzene rings is 2. The number of carbonyl (C=O) groups is 1. The zero-order valence-electron chi connectivity index (χ0n) is 17.2. The summed E-state index contributed by atoms with van der Waals surface area (Å²) in [6.45, 7) is 3.57. The Morgan fingerprint density at radius 3 is 2.45 bits per heavy atom. The summed E-state index contributed by atoms with van der Waals surface area (Å²) in [6, 6.07) is 17.8. The molecule has 0 saturated heterocycles. The van der Waals surface area contributed by atoms with Crippen molar-refractivity contribution in [1.82, 2.24) is 4.98 Å². The van der Waals surface area contributed by atoms with E-state index in [4.69, 9.17) is 4.42 Å². The molecule has 2 aromatic carbocycles. The second-order valence-electron chi connectivity index (χ2n) is 7.44. The molecule has 4 rings (SSSR count). The van der Waals surface area contributed by atoms with Crippen molar-refractivity contribution >= 4 is 42.4 Å². The number of sulfone groups is 1. The molecule has 1 amide bonds. The molecule has 0 bridgehead atoms. The normalized spacial score (nSPS) is 11.8. The number of hydrogen-bond donors (Lipinski definition) is 0. The quantitative estimate of drug-likeness (QED) is 0.399. The summed E-state index contributed by atoms with van der Waals surface area (Å²) >= 11 is 1.45. The molecule has 0 spiro atoms. The van der Waals surface area contributed by atoms with Crippen LogP contribution in [0.25, 0.3) is 10.2 Å². The molecule has 0 fully saturated rings. The largest absolute Gasteiger partial charge is 0.467 e. The maximum Gasteiger partial charge on any atom is 0.233 e. The minimum absolute atomic E-state index is 0.124. The third-order valence-corrected chi connectivity index (χ3v) is 8.17. The maximum absolute atomic E-state index is 13.2. The van der Waals surface area contributed by atoms with Crippen molar-refractivity contribution in [3.63, 3.8) is 0 Å². The molecule has 2 aromatic heterocycles. The average Bonchev–Trinajstić information content (AvgIpc) is 3.41. The molecule has 0 aliphatic carbocycles. The van der Waals surface area contributed by atoms with Crippen LogP contribution in [0.4, 0.5) is 5.13 Å². The molecule has 0 saturated carbocycles. The second kappa shape index (κ2) is 8.64. The van der Waals surface area contributed by atoms with Crippen LogP contribution in [0.5, 0.6) is 0 Å². The SMILES string of the molecule is CC(C)S(=O)(=O)c1ccc(CC(=O)N(Cc2ccco2)c2nc3ccccc3s2)cc1. The van der Waals surface area contributed by atoms with E-state index in [1.165, 1.54) is 11.3 Å². The van der Waals surface area contributed by atoms with E-state index in [1.54, 1.807) is 55.3 Å². The van der Waals surface area contributed by atoms with E-state index in [9.17, 15) is 13.2 Å². The van der Waals surface area contributed by atoms with E-state index in [0.717, 1.165) is 15.8 Å². The number of amides is 1. The minimum Gasteiger partial charge on any atom is -0.467 e. The molecule has 160 valence electrons. The summed E-state index contributed by atoms with van der Waals surface area (Å²) in [5, 5.41) is 0.101. The highest BCUT2D eigenvalue weighted by Crippen LogP contribution is 2.30. The molecule has 2 heterocycles. The Kier molecular flexibility index (Phi) is 5.93. The second-order valence-corrected chi connectivity index (χ2v) is 11.0. The first-order valence-corrected chi connectivity index (χ1v) is 12.2. The Balaban J connectivity index is 1.60. The van der Waals surface area contributed by atoms with Crippen molar-refractivity contribution < 1.29 is 17.6 Å². The van der Waals surface area contributed by atoms with Crippen LogP contribution in [0.1, 0.15) is 25.2 Å². The Labute approximate surface area is 185 Å². The van der Waals surface area contributed by atoms with Gasteiger partial charge in [-0.05, 0) is 55.8 Å². The fraction of sp³-hybridized carbons (Fsp3) is 0.217. The molecular formula is C23H22N2O4S2. The molecule has 31 heavy (non-hydrogen) atoms. The van der Waals surface area contributed by atoms with E-state index in [-0.39, 0.29) is 23.8 Å². The van der Waals surface area contributed by atoms with Gasteiger partial charge in [0, 0.05) is 0 Å². The lowest BCUT2D eigenvalue weighted by atomic mass is 10.1. The van der Waals surface area contributed by atoms with Crippen molar-refractivity contribution in [3.8, 4) is 0 Å². The number of fused-ring (bicyclic) bond motifs is 1. The molecule has 0 atom stereocenters. The predicted octanol–water partition coefficient (Wildman–Crippen LogP) is 4.85. The van der Waals surface area contributed by atoms with Gasteiger partial charge in [0.05, 0.1) is 39.6 Å². The van der Waals surface area contributed by atoms with E-state index in [0.29, 0.717) is 10.9 Å². The van der Waals surface area contributed by atoms with Gasteiger partial charge in [-0.15, -0.1) is 0 Å². The van der Waals surface area contributed by atoms with Crippen LogP contribution in [0.2, 0.25) is 0 Å². The van der Waals surface area contributed by atoms with E-state index < -0.39 is 15.1 Å². The summed E-state index contributed by atoms with van der Waals surface area (Å²) in [7, 11) is -3.35. The smallest absolute Gasteiger partial charge is 0.233 e. The Morgan fingerprint density at radius 1 is 1.06 bits per heavy atom. The maximum atomic E-state index is 13.2. The van der Waals surface area contributed by atoms with Crippen LogP contribution >= 0.6 is 11.3 Å². The highest BCUT2D eigenvalue weighted by molar-refractivity contribution is 7.92. The minimum atomic E-state index is -3.35. The van der Waals surface area contributed by atoms with Gasteiger partial charge >= 0.3 is 0 Å². The van der Waals surface area contributed by atoms with Gasteiger partial charge in [0.15, 0.2) is 15.0 Å². The first-order valence-electron chi connectivity index (χ1n) is 9.86. The number of para-hydroxylation sites is 1. The van der Waals surface area contributed by atoms with Gasteiger partial charge in [0.2, 0.25) is 5.91 Å². The number of furan rings is 1. The highest BCUT2D eigenvalue weighted by atomic mass is 32.2. The molecule has 0 aliphatic heterocycles. The van der Waals surface area contributed by atoms with Crippen molar-refractivity contribution in [2.75, 3.05) is 4.90 Å². The fourth-order valence-electron chi connectivity index (χ4n) is 3.14. The number of aromatic nitrogens is 1. The fourth-order valence-corrected chi connectivity index (χ4v) is 5.18. The van der Waals surface area contributed by atoms with Crippen molar-refractivity contribution in [2.45, 2.75) is 37.0 Å². The third-order valence-electron chi connectivity index (χ3n) is 4.94. The zero-order valence-corrected chi connectivity index (χ0v) is 18.8. The van der Waals surface area contributed by atoms with Gasteiger partial charge < -0.3 is 4.42 Å². The van der Waals surface area contributed by atoms with Gasteiger partial charge in [0.25, 0.3) is 0 Å². The molecule has 0 radical (unpaired) electrons. The van der Waals surface area contributed by atoms with Gasteiger partial charge in [-0.25, -0.2) is 13.4 Å². The first-order chi connectivity index (χ1) is 14.8. The Morgan fingerprint density at radius 2 is 1.81 bits per heavy atom. The lowest BCUT2D eigenvalue weighted by Crippen LogP contribution is -2.31. The van der Waals surface area contributed by atoms with Crippen LogP contribution in [0.3, 0.4) is 0 Å². The lowest BCUT2D eigenvalue weighted by molar-refractivity contribution is -0.118. The molecule has 8 heteroatoms. The van der Waals surface area contributed by atoms with Crippen molar-refractivity contribution in [1.29, 1.82) is 0 Å². The Hall–Kier alpha value is -2.97. The first kappa shape index (κ1) is 21.3. The lowest BCUT2D eigenvalue weighted by Gasteiger charge is -2.19. The standard InChI is InChI=1S/C23H22N2O4S2/c1-16(2)31(27,28)19-11-9-17(10-12-19)14-22(26)25(15-18-6-5-13-29-18)23-24-20-7-3-4-8-21(20)30-23/h3-13,16H,14-15H2,1-2H3. The summed E-state index contributed by atoms with van der Waals surface area (Å²) < 4.78 is 31.1. The van der Waals surface area contributed by atoms with Gasteiger partial charge in [-0.1, -0.05) is 35.6 Å². The number of thiazole rings is 1. The number of nitrogens with zero attached hydrogens (tertiary/aromatic N) is 2. The van der Waals surface area contributed by atoms with Crippen molar-refractivity contribution in [3.05, 3.63) is 78.3 Å². The number of carbonyl (C=O) groups excluding carboxylic acids is 1. The zero-order chi connectivity index (χ0) is 22.0. The molecular weight excluding hydrogens is 432 g/mol. The summed E-state index contributed by atoms with van der Waals surface area (Å²) in [5.41, 5.74) is 1.57. The summed E-state index contributed by atoms with van der Waals surface area (Å²) in [4.78, 5) is 19.7. The predicted molar refractivity (Wildman–Crippen MR) is 122 cm³/mol. The average molecular weight is 455 g/mol. The number of rotatable bonds is 7. The van der Waals surface area contributed by atoms with Crippen LogP contribution < -0.4 is 4.90 Å². The monoisotopic (exact) mass is 454 g/mol. The highest BCUT2D eigenvalue weighted by Gasteiger charge is 2.23. The van der Waals surface area contributed by atoms with E-state index in [2.05, 4.69) is 4.98 Å². The summed E-state index contributed by atoms with van der Waals surface area (Å²) in [5.74, 6) is 0.515. The van der Waals surface area contributed by atoms with Gasteiger partial charge in [0.1, 0.15) is 5.76 Å². The molecule has 0 N–H and O–H groups in total. The van der Waals surface area contributed by atoms with Crippen LogP contribution in [0, 0.1) is 0 Å². The van der Waals surface area contributed by atoms with Crippen molar-refractivity contribution in [2.24, 2.45) is 0 Å². The van der Waals surface area contributed by atoms with E-state index >= 15 is 0 Å². The number of anilines is 1. The van der Waals surface area contributed by atoms with Gasteiger partial charge in [-0.2, -0.15) is 0 Å². The van der Waals surface area contributed by atoms with Crippen LogP contribution in [0.15, 0.2) is 76.2 Å². The summed E-state index contributed by atoms with van der Waals surface area (Å²) in [6.07, 6.45) is 1.70. The van der Waals surface area contributed by atoms with E-state index in [1.807, 2.05) is 30.3 Å². The third kappa shape index (κ3) is 4.55. The molecule has 0 aliphatic rings. The number of hydrogen-bond acceptors (Lipinski definition) is 6. The topological polar surface area (TPSA) is 80.5 Å². The molecule has 6 nitrogen and oxygen atoms in total. The van der Waals surface area contributed by atoms with Gasteiger partial charge in [-0.3, -0.25) is 9.69 Å². The molecule has 0 unspecified atom stereocenters. The van der Waals surface area contributed by atoms with Crippen LogP contribution in [-0.2, 0) is 27.6 Å². The van der Waals surface area contributed by atoms with Crippen LogP contribution in [-0.4, -0.2) is 24.6 Å². The Bertz CT molecular complexity index is 1260.